The zero-order chi connectivity index (χ0) is 26.2. The van der Waals surface area contributed by atoms with E-state index in [0.717, 1.165) is 27.8 Å². The Kier molecular flexibility index (Phi) is 5.50. The first kappa shape index (κ1) is 22.7. The third-order valence-corrected chi connectivity index (χ3v) is 7.35. The summed E-state index contributed by atoms with van der Waals surface area (Å²) in [6.45, 7) is 0. The van der Waals surface area contributed by atoms with Crippen LogP contribution in [0.5, 0.6) is 0 Å². The van der Waals surface area contributed by atoms with E-state index in [9.17, 15) is 5.26 Å². The Morgan fingerprint density at radius 2 is 1.08 bits per heavy atom. The fraction of sp³-hybridized carbons (Fsp3) is 0. The molecule has 0 aliphatic carbocycles. The summed E-state index contributed by atoms with van der Waals surface area (Å²) in [6, 6.07) is 46.7. The van der Waals surface area contributed by atoms with Gasteiger partial charge in [-0.05, 0) is 81.9 Å². The van der Waals surface area contributed by atoms with Gasteiger partial charge in [-0.1, -0.05) is 78.9 Å². The molecule has 0 fully saturated rings. The van der Waals surface area contributed by atoms with Crippen LogP contribution in [0.1, 0.15) is 5.56 Å². The molecule has 3 nitrogen and oxygen atoms in total. The molecule has 2 aromatic heterocycles. The fourth-order valence-corrected chi connectivity index (χ4v) is 5.47. The van der Waals surface area contributed by atoms with Gasteiger partial charge in [0.2, 0.25) is 0 Å². The lowest BCUT2D eigenvalue weighted by molar-refractivity contribution is 1.18. The van der Waals surface area contributed by atoms with Gasteiger partial charge >= 0.3 is 0 Å². The van der Waals surface area contributed by atoms with Crippen molar-refractivity contribution in [3.05, 3.63) is 145 Å². The fourth-order valence-electron chi connectivity index (χ4n) is 5.47. The topological polar surface area (TPSA) is 41.6 Å². The molecular formula is C36H23N3. The van der Waals surface area contributed by atoms with Crippen molar-refractivity contribution in [3.8, 4) is 45.1 Å². The van der Waals surface area contributed by atoms with Crippen molar-refractivity contribution in [2.75, 3.05) is 0 Å². The number of pyridine rings is 1. The van der Waals surface area contributed by atoms with Gasteiger partial charge in [-0.15, -0.1) is 0 Å². The molecule has 0 amide bonds. The highest BCUT2D eigenvalue weighted by molar-refractivity contribution is 6.11. The van der Waals surface area contributed by atoms with Gasteiger partial charge in [-0.25, -0.2) is 0 Å². The summed E-state index contributed by atoms with van der Waals surface area (Å²) in [5, 5.41) is 12.4. The number of aromatic nitrogens is 2. The van der Waals surface area contributed by atoms with E-state index in [1.54, 1.807) is 12.4 Å². The second-order valence-electron chi connectivity index (χ2n) is 9.61. The zero-order valence-electron chi connectivity index (χ0n) is 21.1. The van der Waals surface area contributed by atoms with Crippen molar-refractivity contribution in [1.29, 1.82) is 5.26 Å². The van der Waals surface area contributed by atoms with Crippen molar-refractivity contribution in [2.45, 2.75) is 0 Å². The van der Waals surface area contributed by atoms with Crippen LogP contribution in [0.25, 0.3) is 60.9 Å². The van der Waals surface area contributed by atoms with Crippen molar-refractivity contribution in [3.63, 3.8) is 0 Å². The lowest BCUT2D eigenvalue weighted by Gasteiger charge is -2.12. The summed E-state index contributed by atoms with van der Waals surface area (Å²) in [5.41, 5.74) is 10.4. The first-order chi connectivity index (χ1) is 19.3. The van der Waals surface area contributed by atoms with E-state index in [0.29, 0.717) is 5.56 Å². The molecule has 0 radical (unpaired) electrons. The number of benzene rings is 5. The molecular weight excluding hydrogens is 474 g/mol. The van der Waals surface area contributed by atoms with E-state index < -0.39 is 0 Å². The highest BCUT2D eigenvalue weighted by atomic mass is 15.0. The summed E-state index contributed by atoms with van der Waals surface area (Å²) in [5.74, 6) is 0. The molecule has 5 aromatic carbocycles. The molecule has 0 spiro atoms. The summed E-state index contributed by atoms with van der Waals surface area (Å²) in [6.07, 6.45) is 3.51. The van der Waals surface area contributed by atoms with Crippen LogP contribution in [0, 0.1) is 11.3 Å². The van der Waals surface area contributed by atoms with Crippen LogP contribution < -0.4 is 0 Å². The Hall–Kier alpha value is -5.46. The normalized spacial score (nSPS) is 11.1. The minimum absolute atomic E-state index is 0.635. The predicted molar refractivity (Wildman–Crippen MR) is 160 cm³/mol. The zero-order valence-corrected chi connectivity index (χ0v) is 21.1. The SMILES string of the molecule is N#Cc1cc(-n2c3ccc(-c4ccccc4)cc3c3cc(-c4ccccc4)ccc32)ccc1-c1ccncc1. The van der Waals surface area contributed by atoms with Crippen molar-refractivity contribution >= 4 is 21.8 Å². The molecule has 0 N–H and O–H groups in total. The lowest BCUT2D eigenvalue weighted by atomic mass is 10.0. The maximum atomic E-state index is 10.1. The molecule has 0 bridgehead atoms. The molecule has 0 atom stereocenters. The monoisotopic (exact) mass is 497 g/mol. The summed E-state index contributed by atoms with van der Waals surface area (Å²) >= 11 is 0. The summed E-state index contributed by atoms with van der Waals surface area (Å²) < 4.78 is 2.27. The van der Waals surface area contributed by atoms with Crippen LogP contribution in [0.4, 0.5) is 0 Å². The van der Waals surface area contributed by atoms with E-state index in [-0.39, 0.29) is 0 Å². The second-order valence-corrected chi connectivity index (χ2v) is 9.61. The third-order valence-electron chi connectivity index (χ3n) is 7.35. The van der Waals surface area contributed by atoms with Gasteiger partial charge in [0.1, 0.15) is 0 Å². The molecule has 2 heterocycles. The number of rotatable bonds is 4. The highest BCUT2D eigenvalue weighted by Crippen LogP contribution is 2.38. The first-order valence-electron chi connectivity index (χ1n) is 12.9. The largest absolute Gasteiger partial charge is 0.309 e. The first-order valence-corrected chi connectivity index (χ1v) is 12.9. The smallest absolute Gasteiger partial charge is 0.0998 e. The van der Waals surface area contributed by atoms with Gasteiger partial charge in [0.25, 0.3) is 0 Å². The van der Waals surface area contributed by atoms with E-state index in [4.69, 9.17) is 0 Å². The van der Waals surface area contributed by atoms with Gasteiger partial charge < -0.3 is 4.57 Å². The Morgan fingerprint density at radius 1 is 0.513 bits per heavy atom. The highest BCUT2D eigenvalue weighted by Gasteiger charge is 2.16. The quantitative estimate of drug-likeness (QED) is 0.243. The number of hydrogen-bond donors (Lipinski definition) is 0. The van der Waals surface area contributed by atoms with E-state index in [1.807, 2.05) is 36.4 Å². The molecule has 0 aliphatic rings. The van der Waals surface area contributed by atoms with Crippen molar-refractivity contribution in [2.24, 2.45) is 0 Å². The van der Waals surface area contributed by atoms with Crippen LogP contribution >= 0.6 is 0 Å². The standard InChI is InChI=1S/C36H23N3/c37-24-30-21-31(13-14-32(30)27-17-19-38-20-18-27)39-35-15-11-28(25-7-3-1-4-8-25)22-33(35)34-23-29(12-16-36(34)39)26-9-5-2-6-10-26/h1-23H. The molecule has 39 heavy (non-hydrogen) atoms. The summed E-state index contributed by atoms with van der Waals surface area (Å²) in [4.78, 5) is 4.12. The molecule has 0 unspecified atom stereocenters. The Bertz CT molecular complexity index is 1900. The Balaban J connectivity index is 1.49. The maximum absolute atomic E-state index is 10.1. The van der Waals surface area contributed by atoms with Crippen LogP contribution in [0.3, 0.4) is 0 Å². The number of fused-ring (bicyclic) bond motifs is 3. The van der Waals surface area contributed by atoms with Crippen molar-refractivity contribution in [1.82, 2.24) is 9.55 Å². The molecule has 3 heteroatoms. The number of nitriles is 1. The van der Waals surface area contributed by atoms with Gasteiger partial charge in [0, 0.05) is 28.9 Å². The van der Waals surface area contributed by atoms with Crippen LogP contribution in [0.2, 0.25) is 0 Å². The van der Waals surface area contributed by atoms with Gasteiger partial charge in [-0.3, -0.25) is 4.98 Å². The van der Waals surface area contributed by atoms with Crippen LogP contribution in [0.15, 0.2) is 140 Å². The van der Waals surface area contributed by atoms with Gasteiger partial charge in [0.15, 0.2) is 0 Å². The molecule has 7 aromatic rings. The van der Waals surface area contributed by atoms with E-state index >= 15 is 0 Å². The maximum Gasteiger partial charge on any atom is 0.0998 e. The van der Waals surface area contributed by atoms with Crippen molar-refractivity contribution < 1.29 is 0 Å². The molecule has 0 saturated carbocycles. The minimum atomic E-state index is 0.635. The predicted octanol–water partition coefficient (Wildman–Crippen LogP) is 9.05. The van der Waals surface area contributed by atoms with Crippen LogP contribution in [-0.4, -0.2) is 9.55 Å². The summed E-state index contributed by atoms with van der Waals surface area (Å²) in [7, 11) is 0. The van der Waals surface area contributed by atoms with Gasteiger partial charge in [-0.2, -0.15) is 5.26 Å². The van der Waals surface area contributed by atoms with E-state index in [1.165, 1.54) is 33.0 Å². The average molecular weight is 498 g/mol. The molecule has 0 aliphatic heterocycles. The van der Waals surface area contributed by atoms with Gasteiger partial charge in [0.05, 0.1) is 22.7 Å². The minimum Gasteiger partial charge on any atom is -0.309 e. The number of nitrogens with zero attached hydrogens (tertiary/aromatic N) is 3. The third kappa shape index (κ3) is 3.96. The Labute approximate surface area is 226 Å². The molecule has 0 saturated heterocycles. The molecule has 182 valence electrons. The van der Waals surface area contributed by atoms with Crippen LogP contribution in [-0.2, 0) is 0 Å². The van der Waals surface area contributed by atoms with E-state index in [2.05, 4.69) is 107 Å². The molecule has 7 rings (SSSR count). The Morgan fingerprint density at radius 3 is 1.62 bits per heavy atom. The average Bonchev–Trinajstić information content (AvgIpc) is 3.35. The second kappa shape index (κ2) is 9.45. The number of hydrogen-bond acceptors (Lipinski definition) is 2. The lowest BCUT2D eigenvalue weighted by Crippen LogP contribution is -1.96.